The molecule has 2 aromatic rings. The summed E-state index contributed by atoms with van der Waals surface area (Å²) in [6, 6.07) is 10.9. The van der Waals surface area contributed by atoms with Gasteiger partial charge < -0.3 is 5.32 Å². The van der Waals surface area contributed by atoms with Crippen molar-refractivity contribution in [1.82, 2.24) is 9.62 Å². The lowest BCUT2D eigenvalue weighted by atomic mass is 10.0. The fourth-order valence-electron chi connectivity index (χ4n) is 2.96. The molecule has 1 amide bonds. The molecular weight excluding hydrogens is 358 g/mol. The van der Waals surface area contributed by atoms with Gasteiger partial charge in [0.15, 0.2) is 0 Å². The first-order valence-corrected chi connectivity index (χ1v) is 9.35. The first-order valence-electron chi connectivity index (χ1n) is 7.91. The minimum absolute atomic E-state index is 0.0787. The minimum Gasteiger partial charge on any atom is -0.353 e. The number of benzene rings is 2. The Morgan fingerprint density at radius 3 is 2.62 bits per heavy atom. The number of rotatable bonds is 4. The number of sulfonamides is 1. The van der Waals surface area contributed by atoms with Gasteiger partial charge in [0.05, 0.1) is 9.82 Å². The molecule has 1 saturated heterocycles. The smallest absolute Gasteiger partial charge is 0.270 e. The normalized spacial score (nSPS) is 18.3. The van der Waals surface area contributed by atoms with E-state index in [9.17, 15) is 23.3 Å². The van der Waals surface area contributed by atoms with E-state index in [-0.39, 0.29) is 23.7 Å². The monoisotopic (exact) mass is 375 g/mol. The molecule has 0 aliphatic carbocycles. The van der Waals surface area contributed by atoms with Crippen molar-refractivity contribution in [2.45, 2.75) is 17.9 Å². The molecule has 0 bridgehead atoms. The van der Waals surface area contributed by atoms with Crippen LogP contribution in [-0.4, -0.2) is 36.6 Å². The quantitative estimate of drug-likeness (QED) is 0.647. The Bertz CT molecular complexity index is 974. The van der Waals surface area contributed by atoms with Crippen molar-refractivity contribution in [1.29, 1.82) is 0 Å². The molecule has 1 aliphatic rings. The van der Waals surface area contributed by atoms with Crippen LogP contribution in [0.1, 0.15) is 17.2 Å². The molecule has 1 atom stereocenters. The summed E-state index contributed by atoms with van der Waals surface area (Å²) in [5.41, 5.74) is 1.13. The van der Waals surface area contributed by atoms with Crippen LogP contribution in [0.15, 0.2) is 53.4 Å². The summed E-state index contributed by atoms with van der Waals surface area (Å²) >= 11 is 0. The average Bonchev–Trinajstić information content (AvgIpc) is 2.61. The van der Waals surface area contributed by atoms with Crippen LogP contribution in [0, 0.1) is 17.0 Å². The van der Waals surface area contributed by atoms with Gasteiger partial charge in [-0.3, -0.25) is 14.9 Å². The van der Waals surface area contributed by atoms with Crippen LogP contribution in [0.5, 0.6) is 0 Å². The zero-order valence-electron chi connectivity index (χ0n) is 14.0. The number of aryl methyl sites for hydroxylation is 1. The number of nitro groups is 1. The first-order chi connectivity index (χ1) is 12.3. The molecule has 1 N–H and O–H groups in total. The van der Waals surface area contributed by atoms with Crippen LogP contribution < -0.4 is 5.32 Å². The molecule has 1 aliphatic heterocycles. The lowest BCUT2D eigenvalue weighted by Crippen LogP contribution is -2.52. The van der Waals surface area contributed by atoms with E-state index in [0.29, 0.717) is 5.56 Å². The third-order valence-electron chi connectivity index (χ3n) is 4.16. The lowest BCUT2D eigenvalue weighted by Gasteiger charge is -2.34. The van der Waals surface area contributed by atoms with Crippen LogP contribution >= 0.6 is 0 Å². The average molecular weight is 375 g/mol. The van der Waals surface area contributed by atoms with Crippen LogP contribution in [0.25, 0.3) is 0 Å². The molecule has 26 heavy (non-hydrogen) atoms. The minimum atomic E-state index is -4.09. The number of nitro benzene ring substituents is 1. The van der Waals surface area contributed by atoms with Gasteiger partial charge in [0, 0.05) is 25.2 Å². The number of non-ortho nitro benzene ring substituents is 1. The molecule has 9 heteroatoms. The van der Waals surface area contributed by atoms with Crippen LogP contribution in [0.4, 0.5) is 5.69 Å². The van der Waals surface area contributed by atoms with Gasteiger partial charge in [0.1, 0.15) is 6.04 Å². The van der Waals surface area contributed by atoms with Gasteiger partial charge in [-0.15, -0.1) is 0 Å². The van der Waals surface area contributed by atoms with Crippen molar-refractivity contribution in [2.24, 2.45) is 0 Å². The fourth-order valence-corrected chi connectivity index (χ4v) is 4.57. The van der Waals surface area contributed by atoms with E-state index in [2.05, 4.69) is 5.32 Å². The number of hydrogen-bond donors (Lipinski definition) is 1. The number of carbonyl (C=O) groups is 1. The maximum Gasteiger partial charge on any atom is 0.270 e. The van der Waals surface area contributed by atoms with Crippen molar-refractivity contribution < 1.29 is 18.1 Å². The van der Waals surface area contributed by atoms with Gasteiger partial charge in [-0.05, 0) is 18.6 Å². The summed E-state index contributed by atoms with van der Waals surface area (Å²) in [7, 11) is -4.09. The van der Waals surface area contributed by atoms with Gasteiger partial charge in [-0.2, -0.15) is 4.31 Å². The van der Waals surface area contributed by atoms with Gasteiger partial charge >= 0.3 is 0 Å². The predicted molar refractivity (Wildman–Crippen MR) is 93.9 cm³/mol. The van der Waals surface area contributed by atoms with Crippen LogP contribution in [-0.2, 0) is 14.8 Å². The van der Waals surface area contributed by atoms with E-state index in [1.165, 1.54) is 18.2 Å². The lowest BCUT2D eigenvalue weighted by molar-refractivity contribution is -0.385. The molecular formula is C17H17N3O5S. The van der Waals surface area contributed by atoms with Gasteiger partial charge in [-0.1, -0.05) is 35.9 Å². The molecule has 1 fully saturated rings. The molecule has 0 saturated carbocycles. The van der Waals surface area contributed by atoms with Crippen LogP contribution in [0.3, 0.4) is 0 Å². The van der Waals surface area contributed by atoms with E-state index in [4.69, 9.17) is 0 Å². The number of piperazine rings is 1. The van der Waals surface area contributed by atoms with E-state index in [0.717, 1.165) is 15.9 Å². The largest absolute Gasteiger partial charge is 0.353 e. The van der Waals surface area contributed by atoms with Gasteiger partial charge in [0.25, 0.3) is 5.69 Å². The Kier molecular flexibility index (Phi) is 4.75. The summed E-state index contributed by atoms with van der Waals surface area (Å²) in [6.07, 6.45) is 0. The molecule has 0 radical (unpaired) electrons. The zero-order valence-corrected chi connectivity index (χ0v) is 14.8. The number of carbonyl (C=O) groups excluding carboxylic acids is 1. The summed E-state index contributed by atoms with van der Waals surface area (Å²) in [5.74, 6) is -0.421. The Morgan fingerprint density at radius 1 is 1.19 bits per heavy atom. The highest BCUT2D eigenvalue weighted by Gasteiger charge is 2.39. The topological polar surface area (TPSA) is 110 Å². The van der Waals surface area contributed by atoms with E-state index in [1.54, 1.807) is 18.2 Å². The van der Waals surface area contributed by atoms with Crippen molar-refractivity contribution in [3.05, 3.63) is 69.8 Å². The summed E-state index contributed by atoms with van der Waals surface area (Å²) < 4.78 is 27.3. The molecule has 2 aromatic carbocycles. The second-order valence-corrected chi connectivity index (χ2v) is 7.87. The molecule has 136 valence electrons. The maximum atomic E-state index is 13.1. The number of hydrogen-bond acceptors (Lipinski definition) is 5. The summed E-state index contributed by atoms with van der Waals surface area (Å²) in [5, 5.41) is 13.6. The molecule has 0 aromatic heterocycles. The summed E-state index contributed by atoms with van der Waals surface area (Å²) in [4.78, 5) is 22.5. The molecule has 0 spiro atoms. The Morgan fingerprint density at radius 2 is 1.92 bits per heavy atom. The third kappa shape index (κ3) is 3.31. The highest BCUT2D eigenvalue weighted by molar-refractivity contribution is 7.89. The Hall–Kier alpha value is -2.78. The second kappa shape index (κ2) is 6.85. The van der Waals surface area contributed by atoms with E-state index < -0.39 is 26.9 Å². The van der Waals surface area contributed by atoms with Gasteiger partial charge in [0.2, 0.25) is 15.9 Å². The number of nitrogens with one attached hydrogen (secondary N) is 1. The van der Waals surface area contributed by atoms with Crippen molar-refractivity contribution in [3.63, 3.8) is 0 Å². The third-order valence-corrected chi connectivity index (χ3v) is 6.02. The van der Waals surface area contributed by atoms with Crippen molar-refractivity contribution in [3.8, 4) is 0 Å². The molecule has 8 nitrogen and oxygen atoms in total. The second-order valence-electron chi connectivity index (χ2n) is 5.98. The predicted octanol–water partition coefficient (Wildman–Crippen LogP) is 1.77. The first kappa shape index (κ1) is 18.0. The molecule has 1 heterocycles. The van der Waals surface area contributed by atoms with E-state index in [1.807, 2.05) is 13.0 Å². The van der Waals surface area contributed by atoms with Gasteiger partial charge in [-0.25, -0.2) is 8.42 Å². The Balaban J connectivity index is 2.08. The zero-order chi connectivity index (χ0) is 18.9. The standard InChI is InChI=1S/C17H17N3O5S/c1-12-4-2-5-13(10-12)16-17(21)18-8-9-19(16)26(24,25)15-7-3-6-14(11-15)20(22)23/h2-7,10-11,16H,8-9H2,1H3,(H,18,21). The maximum absolute atomic E-state index is 13.1. The molecule has 3 rings (SSSR count). The van der Waals surface area contributed by atoms with E-state index >= 15 is 0 Å². The summed E-state index contributed by atoms with van der Waals surface area (Å²) in [6.45, 7) is 2.11. The fraction of sp³-hybridized carbons (Fsp3) is 0.235. The Labute approximate surface area is 150 Å². The number of nitrogens with zero attached hydrogens (tertiary/aromatic N) is 2. The number of amides is 1. The molecule has 1 unspecified atom stereocenters. The SMILES string of the molecule is Cc1cccc(C2C(=O)NCCN2S(=O)(=O)c2cccc([N+](=O)[O-])c2)c1. The highest BCUT2D eigenvalue weighted by atomic mass is 32.2. The van der Waals surface area contributed by atoms with Crippen LogP contribution in [0.2, 0.25) is 0 Å². The highest BCUT2D eigenvalue weighted by Crippen LogP contribution is 2.31. The van der Waals surface area contributed by atoms with Crippen molar-refractivity contribution >= 4 is 21.6 Å². The van der Waals surface area contributed by atoms with Crippen molar-refractivity contribution in [2.75, 3.05) is 13.1 Å².